The standard InChI is InChI=1S/C15H19NO4S/c1-3-7-20-15(19)16-13-12(14(17)18)10-6-5-9(4-2)8-11(10)21-13/h3,9H,1,4-8H2,2H3,(H,16,19)(H,17,18). The Hall–Kier alpha value is -1.82. The molecule has 1 amide bonds. The van der Waals surface area contributed by atoms with Crippen molar-refractivity contribution in [3.05, 3.63) is 28.7 Å². The first-order chi connectivity index (χ1) is 10.1. The van der Waals surface area contributed by atoms with Crippen molar-refractivity contribution in [2.45, 2.75) is 32.6 Å². The van der Waals surface area contributed by atoms with Gasteiger partial charge in [0.15, 0.2) is 0 Å². The van der Waals surface area contributed by atoms with Gasteiger partial charge in [0.2, 0.25) is 0 Å². The van der Waals surface area contributed by atoms with E-state index >= 15 is 0 Å². The summed E-state index contributed by atoms with van der Waals surface area (Å²) in [5.41, 5.74) is 1.09. The van der Waals surface area contributed by atoms with Crippen molar-refractivity contribution >= 4 is 28.4 Å². The zero-order chi connectivity index (χ0) is 15.4. The lowest BCUT2D eigenvalue weighted by Gasteiger charge is -2.20. The zero-order valence-electron chi connectivity index (χ0n) is 12.0. The molecule has 1 unspecified atom stereocenters. The van der Waals surface area contributed by atoms with E-state index in [0.29, 0.717) is 10.9 Å². The number of thiophene rings is 1. The van der Waals surface area contributed by atoms with E-state index in [1.54, 1.807) is 0 Å². The summed E-state index contributed by atoms with van der Waals surface area (Å²) in [5.74, 6) is -0.403. The molecule has 0 spiro atoms. The van der Waals surface area contributed by atoms with Crippen LogP contribution in [0.1, 0.15) is 40.6 Å². The molecule has 2 N–H and O–H groups in total. The molecular weight excluding hydrogens is 290 g/mol. The molecule has 0 saturated heterocycles. The second kappa shape index (κ2) is 6.76. The van der Waals surface area contributed by atoms with Crippen LogP contribution in [-0.2, 0) is 17.6 Å². The van der Waals surface area contributed by atoms with Crippen molar-refractivity contribution in [2.24, 2.45) is 5.92 Å². The quantitative estimate of drug-likeness (QED) is 0.813. The first-order valence-corrected chi connectivity index (χ1v) is 7.80. The number of hydrogen-bond acceptors (Lipinski definition) is 4. The number of carboxylic acid groups (broad SMARTS) is 1. The Morgan fingerprint density at radius 3 is 2.95 bits per heavy atom. The predicted molar refractivity (Wildman–Crippen MR) is 82.3 cm³/mol. The van der Waals surface area contributed by atoms with Crippen molar-refractivity contribution in [3.8, 4) is 0 Å². The summed E-state index contributed by atoms with van der Waals surface area (Å²) in [6.45, 7) is 5.70. The number of anilines is 1. The van der Waals surface area contributed by atoms with Gasteiger partial charge in [-0.1, -0.05) is 26.0 Å². The number of nitrogens with one attached hydrogen (secondary N) is 1. The van der Waals surface area contributed by atoms with Gasteiger partial charge in [0, 0.05) is 4.88 Å². The second-order valence-electron chi connectivity index (χ2n) is 5.04. The normalized spacial score (nSPS) is 16.9. The van der Waals surface area contributed by atoms with Gasteiger partial charge in [0.25, 0.3) is 0 Å². The molecule has 5 nitrogen and oxygen atoms in total. The van der Waals surface area contributed by atoms with Crippen LogP contribution < -0.4 is 5.32 Å². The summed E-state index contributed by atoms with van der Waals surface area (Å²) >= 11 is 1.35. The molecule has 1 heterocycles. The van der Waals surface area contributed by atoms with Gasteiger partial charge < -0.3 is 9.84 Å². The Labute approximate surface area is 127 Å². The summed E-state index contributed by atoms with van der Waals surface area (Å²) in [4.78, 5) is 24.2. The monoisotopic (exact) mass is 309 g/mol. The van der Waals surface area contributed by atoms with Crippen LogP contribution in [0.3, 0.4) is 0 Å². The number of ether oxygens (including phenoxy) is 1. The predicted octanol–water partition coefficient (Wildman–Crippen LogP) is 3.70. The van der Waals surface area contributed by atoms with Crippen molar-refractivity contribution in [1.82, 2.24) is 0 Å². The maximum absolute atomic E-state index is 11.6. The molecule has 0 fully saturated rings. The van der Waals surface area contributed by atoms with E-state index in [9.17, 15) is 14.7 Å². The van der Waals surface area contributed by atoms with Crippen LogP contribution in [0.15, 0.2) is 12.7 Å². The van der Waals surface area contributed by atoms with Crippen LogP contribution in [-0.4, -0.2) is 23.8 Å². The molecule has 0 aromatic carbocycles. The molecule has 2 rings (SSSR count). The smallest absolute Gasteiger partial charge is 0.412 e. The number of hydrogen-bond donors (Lipinski definition) is 2. The van der Waals surface area contributed by atoms with Gasteiger partial charge in [-0.2, -0.15) is 0 Å². The Kier molecular flexibility index (Phi) is 5.01. The fourth-order valence-electron chi connectivity index (χ4n) is 2.58. The van der Waals surface area contributed by atoms with Gasteiger partial charge in [-0.15, -0.1) is 11.3 Å². The highest BCUT2D eigenvalue weighted by molar-refractivity contribution is 7.17. The minimum absolute atomic E-state index is 0.0945. The summed E-state index contributed by atoms with van der Waals surface area (Å²) in [6.07, 6.45) is 4.55. The molecule has 1 aliphatic rings. The second-order valence-corrected chi connectivity index (χ2v) is 6.15. The molecule has 1 aromatic rings. The molecule has 21 heavy (non-hydrogen) atoms. The number of rotatable bonds is 5. The maximum Gasteiger partial charge on any atom is 0.412 e. The summed E-state index contributed by atoms with van der Waals surface area (Å²) in [7, 11) is 0. The first-order valence-electron chi connectivity index (χ1n) is 6.99. The van der Waals surface area contributed by atoms with E-state index in [-0.39, 0.29) is 12.2 Å². The van der Waals surface area contributed by atoms with Gasteiger partial charge in [-0.05, 0) is 30.7 Å². The highest BCUT2D eigenvalue weighted by atomic mass is 32.1. The van der Waals surface area contributed by atoms with Gasteiger partial charge >= 0.3 is 12.1 Å². The van der Waals surface area contributed by atoms with E-state index in [1.807, 2.05) is 0 Å². The number of carbonyl (C=O) groups excluding carboxylic acids is 1. The van der Waals surface area contributed by atoms with Crippen molar-refractivity contribution < 1.29 is 19.4 Å². The van der Waals surface area contributed by atoms with E-state index < -0.39 is 12.1 Å². The van der Waals surface area contributed by atoms with Gasteiger partial charge in [-0.25, -0.2) is 9.59 Å². The number of fused-ring (bicyclic) bond motifs is 1. The topological polar surface area (TPSA) is 75.6 Å². The zero-order valence-corrected chi connectivity index (χ0v) is 12.8. The Morgan fingerprint density at radius 2 is 2.33 bits per heavy atom. The molecule has 114 valence electrons. The maximum atomic E-state index is 11.6. The minimum atomic E-state index is -0.999. The number of aromatic carboxylic acids is 1. The average Bonchev–Trinajstić information content (AvgIpc) is 2.81. The van der Waals surface area contributed by atoms with E-state index in [0.717, 1.165) is 36.1 Å². The van der Waals surface area contributed by atoms with E-state index in [2.05, 4.69) is 18.8 Å². The lowest BCUT2D eigenvalue weighted by molar-refractivity contribution is 0.0697. The van der Waals surface area contributed by atoms with E-state index in [4.69, 9.17) is 4.74 Å². The van der Waals surface area contributed by atoms with Crippen molar-refractivity contribution in [3.63, 3.8) is 0 Å². The highest BCUT2D eigenvalue weighted by Crippen LogP contribution is 2.40. The molecule has 1 atom stereocenters. The lowest BCUT2D eigenvalue weighted by Crippen LogP contribution is -2.16. The Bertz CT molecular complexity index is 564. The van der Waals surface area contributed by atoms with Crippen LogP contribution in [0, 0.1) is 5.92 Å². The Balaban J connectivity index is 2.25. The molecule has 1 aliphatic carbocycles. The van der Waals surface area contributed by atoms with Crippen molar-refractivity contribution in [1.29, 1.82) is 0 Å². The minimum Gasteiger partial charge on any atom is -0.478 e. The molecule has 1 aromatic heterocycles. The summed E-state index contributed by atoms with van der Waals surface area (Å²) in [5, 5.41) is 12.3. The highest BCUT2D eigenvalue weighted by Gasteiger charge is 2.29. The molecule has 0 saturated carbocycles. The lowest BCUT2D eigenvalue weighted by atomic mass is 9.86. The van der Waals surface area contributed by atoms with Crippen LogP contribution in [0.25, 0.3) is 0 Å². The van der Waals surface area contributed by atoms with Gasteiger partial charge in [0.1, 0.15) is 11.6 Å². The van der Waals surface area contributed by atoms with Gasteiger partial charge in [0.05, 0.1) is 5.56 Å². The number of amides is 1. The fourth-order valence-corrected chi connectivity index (χ4v) is 3.92. The third-order valence-electron chi connectivity index (χ3n) is 3.71. The van der Waals surface area contributed by atoms with Crippen LogP contribution in [0.5, 0.6) is 0 Å². The molecule has 0 bridgehead atoms. The van der Waals surface area contributed by atoms with Gasteiger partial charge in [-0.3, -0.25) is 5.32 Å². The average molecular weight is 309 g/mol. The number of carbonyl (C=O) groups is 2. The number of carboxylic acids is 1. The third kappa shape index (κ3) is 3.44. The van der Waals surface area contributed by atoms with E-state index in [1.165, 1.54) is 17.4 Å². The fraction of sp³-hybridized carbons (Fsp3) is 0.467. The third-order valence-corrected chi connectivity index (χ3v) is 4.88. The molecular formula is C15H19NO4S. The largest absolute Gasteiger partial charge is 0.478 e. The van der Waals surface area contributed by atoms with Crippen molar-refractivity contribution in [2.75, 3.05) is 11.9 Å². The summed E-state index contributed by atoms with van der Waals surface area (Å²) < 4.78 is 4.85. The Morgan fingerprint density at radius 1 is 1.57 bits per heavy atom. The van der Waals surface area contributed by atoms with Crippen LogP contribution >= 0.6 is 11.3 Å². The van der Waals surface area contributed by atoms with Crippen LogP contribution in [0.4, 0.5) is 9.80 Å². The molecule has 0 aliphatic heterocycles. The van der Waals surface area contributed by atoms with Crippen LogP contribution in [0.2, 0.25) is 0 Å². The molecule has 0 radical (unpaired) electrons. The summed E-state index contributed by atoms with van der Waals surface area (Å²) in [6, 6.07) is 0. The SMILES string of the molecule is C=CCOC(=O)Nc1sc2c(c1C(=O)O)CCC(CC)C2. The molecule has 6 heteroatoms. The first kappa shape index (κ1) is 15.6.